The van der Waals surface area contributed by atoms with Gasteiger partial charge >= 0.3 is 0 Å². The maximum absolute atomic E-state index is 6.07. The van der Waals surface area contributed by atoms with Gasteiger partial charge in [0.15, 0.2) is 0 Å². The summed E-state index contributed by atoms with van der Waals surface area (Å²) in [7, 11) is 0. The van der Waals surface area contributed by atoms with Crippen LogP contribution in [0.4, 0.5) is 11.5 Å². The van der Waals surface area contributed by atoms with Crippen LogP contribution in [-0.2, 0) is 0 Å². The topological polar surface area (TPSA) is 19.4 Å². The van der Waals surface area contributed by atoms with Crippen LogP contribution in [0, 0.1) is 6.92 Å². The molecule has 0 bridgehead atoms. The first-order chi connectivity index (χ1) is 10.1. The van der Waals surface area contributed by atoms with E-state index in [0.717, 1.165) is 47.2 Å². The molecule has 2 heterocycles. The van der Waals surface area contributed by atoms with E-state index in [1.165, 1.54) is 5.69 Å². The van der Waals surface area contributed by atoms with Crippen LogP contribution in [0.25, 0.3) is 0 Å². The van der Waals surface area contributed by atoms with E-state index in [1.807, 2.05) is 25.1 Å². The highest BCUT2D eigenvalue weighted by Gasteiger charge is 2.18. The van der Waals surface area contributed by atoms with Crippen LogP contribution >= 0.6 is 27.5 Å². The highest BCUT2D eigenvalue weighted by atomic mass is 79.9. The summed E-state index contributed by atoms with van der Waals surface area (Å²) in [5.41, 5.74) is 2.23. The fourth-order valence-electron chi connectivity index (χ4n) is 2.57. The molecule has 21 heavy (non-hydrogen) atoms. The normalized spacial score (nSPS) is 15.4. The Labute approximate surface area is 138 Å². The summed E-state index contributed by atoms with van der Waals surface area (Å²) >= 11 is 9.57. The number of piperazine rings is 1. The average Bonchev–Trinajstić information content (AvgIpc) is 2.50. The summed E-state index contributed by atoms with van der Waals surface area (Å²) < 4.78 is 1.06. The molecule has 110 valence electrons. The average molecular weight is 367 g/mol. The number of hydrogen-bond donors (Lipinski definition) is 0. The lowest BCUT2D eigenvalue weighted by Crippen LogP contribution is -2.46. The first kappa shape index (κ1) is 14.7. The minimum atomic E-state index is 0.792. The van der Waals surface area contributed by atoms with Gasteiger partial charge in [0.25, 0.3) is 0 Å². The van der Waals surface area contributed by atoms with Crippen LogP contribution in [0.1, 0.15) is 5.69 Å². The van der Waals surface area contributed by atoms with Crippen LogP contribution < -0.4 is 9.80 Å². The maximum Gasteiger partial charge on any atom is 0.128 e. The summed E-state index contributed by atoms with van der Waals surface area (Å²) in [5.74, 6) is 1.06. The molecule has 1 aliphatic heterocycles. The number of anilines is 2. The molecule has 1 aromatic carbocycles. The van der Waals surface area contributed by atoms with E-state index in [2.05, 4.69) is 48.9 Å². The molecule has 5 heteroatoms. The number of benzene rings is 1. The highest BCUT2D eigenvalue weighted by Crippen LogP contribution is 2.23. The molecular formula is C16H17BrClN3. The van der Waals surface area contributed by atoms with E-state index in [1.54, 1.807) is 0 Å². The molecule has 1 aromatic heterocycles. The fraction of sp³-hybridized carbons (Fsp3) is 0.312. The van der Waals surface area contributed by atoms with Crippen molar-refractivity contribution in [3.05, 3.63) is 51.6 Å². The van der Waals surface area contributed by atoms with Crippen molar-refractivity contribution in [2.75, 3.05) is 36.0 Å². The van der Waals surface area contributed by atoms with Gasteiger partial charge < -0.3 is 9.80 Å². The molecule has 1 saturated heterocycles. The smallest absolute Gasteiger partial charge is 0.128 e. The van der Waals surface area contributed by atoms with Gasteiger partial charge in [-0.05, 0) is 53.2 Å². The molecule has 3 nitrogen and oxygen atoms in total. The van der Waals surface area contributed by atoms with Crippen molar-refractivity contribution in [1.82, 2.24) is 4.98 Å². The lowest BCUT2D eigenvalue weighted by molar-refractivity contribution is 0.647. The van der Waals surface area contributed by atoms with E-state index in [0.29, 0.717) is 0 Å². The van der Waals surface area contributed by atoms with E-state index < -0.39 is 0 Å². The third-order valence-electron chi connectivity index (χ3n) is 3.78. The third-order valence-corrected chi connectivity index (χ3v) is 4.86. The van der Waals surface area contributed by atoms with Gasteiger partial charge in [0.1, 0.15) is 5.82 Å². The number of halogens is 2. The summed E-state index contributed by atoms with van der Waals surface area (Å²) in [6.45, 7) is 5.94. The zero-order valence-electron chi connectivity index (χ0n) is 11.9. The maximum atomic E-state index is 6.07. The Morgan fingerprint density at radius 1 is 1.05 bits per heavy atom. The largest absolute Gasteiger partial charge is 0.368 e. The zero-order chi connectivity index (χ0) is 14.8. The van der Waals surface area contributed by atoms with Gasteiger partial charge in [-0.2, -0.15) is 0 Å². The van der Waals surface area contributed by atoms with Gasteiger partial charge in [0, 0.05) is 41.4 Å². The van der Waals surface area contributed by atoms with Crippen LogP contribution in [0.2, 0.25) is 5.02 Å². The molecule has 0 amide bonds. The van der Waals surface area contributed by atoms with Gasteiger partial charge in [-0.1, -0.05) is 17.7 Å². The van der Waals surface area contributed by atoms with Gasteiger partial charge in [0.2, 0.25) is 0 Å². The van der Waals surface area contributed by atoms with Crippen molar-refractivity contribution < 1.29 is 0 Å². The second kappa shape index (κ2) is 6.24. The van der Waals surface area contributed by atoms with Crippen molar-refractivity contribution in [3.8, 4) is 0 Å². The SMILES string of the molecule is Cc1nc(N2CCN(c3cccc(Cl)c3)CC2)ccc1Br. The Morgan fingerprint density at radius 2 is 1.76 bits per heavy atom. The second-order valence-corrected chi connectivity index (χ2v) is 6.48. The molecule has 0 aliphatic carbocycles. The Kier molecular flexibility index (Phi) is 4.36. The predicted molar refractivity (Wildman–Crippen MR) is 92.6 cm³/mol. The number of nitrogens with zero attached hydrogens (tertiary/aromatic N) is 3. The van der Waals surface area contributed by atoms with Crippen LogP contribution in [0.3, 0.4) is 0 Å². The molecule has 0 spiro atoms. The predicted octanol–water partition coefficient (Wildman–Crippen LogP) is 4.13. The lowest BCUT2D eigenvalue weighted by atomic mass is 10.2. The summed E-state index contributed by atoms with van der Waals surface area (Å²) in [6.07, 6.45) is 0. The second-order valence-electron chi connectivity index (χ2n) is 5.19. The number of aryl methyl sites for hydroxylation is 1. The van der Waals surface area contributed by atoms with Gasteiger partial charge in [-0.3, -0.25) is 0 Å². The number of rotatable bonds is 2. The van der Waals surface area contributed by atoms with E-state index in [4.69, 9.17) is 11.6 Å². The minimum absolute atomic E-state index is 0.792. The van der Waals surface area contributed by atoms with Crippen molar-refractivity contribution >= 4 is 39.0 Å². The highest BCUT2D eigenvalue weighted by molar-refractivity contribution is 9.10. The molecule has 1 fully saturated rings. The first-order valence-corrected chi connectivity index (χ1v) is 8.19. The molecule has 1 aliphatic rings. The standard InChI is InChI=1S/C16H17BrClN3/c1-12-15(17)5-6-16(19-12)21-9-7-20(8-10-21)14-4-2-3-13(18)11-14/h2-6,11H,7-10H2,1H3. The molecule has 0 radical (unpaired) electrons. The number of hydrogen-bond acceptors (Lipinski definition) is 3. The van der Waals surface area contributed by atoms with Crippen LogP contribution in [0.15, 0.2) is 40.9 Å². The summed E-state index contributed by atoms with van der Waals surface area (Å²) in [4.78, 5) is 9.35. The third kappa shape index (κ3) is 3.33. The molecule has 2 aromatic rings. The van der Waals surface area contributed by atoms with Gasteiger partial charge in [0.05, 0.1) is 5.69 Å². The number of pyridine rings is 1. The van der Waals surface area contributed by atoms with Crippen LogP contribution in [0.5, 0.6) is 0 Å². The number of aromatic nitrogens is 1. The van der Waals surface area contributed by atoms with Gasteiger partial charge in [-0.15, -0.1) is 0 Å². The molecule has 0 unspecified atom stereocenters. The van der Waals surface area contributed by atoms with Crippen molar-refractivity contribution in [2.24, 2.45) is 0 Å². The lowest BCUT2D eigenvalue weighted by Gasteiger charge is -2.37. The van der Waals surface area contributed by atoms with Crippen LogP contribution in [-0.4, -0.2) is 31.2 Å². The molecular weight excluding hydrogens is 350 g/mol. The Balaban J connectivity index is 1.68. The van der Waals surface area contributed by atoms with E-state index in [9.17, 15) is 0 Å². The zero-order valence-corrected chi connectivity index (χ0v) is 14.2. The Morgan fingerprint density at radius 3 is 2.43 bits per heavy atom. The Bertz CT molecular complexity index is 639. The Hall–Kier alpha value is -1.26. The van der Waals surface area contributed by atoms with Gasteiger partial charge in [-0.25, -0.2) is 4.98 Å². The van der Waals surface area contributed by atoms with E-state index in [-0.39, 0.29) is 0 Å². The molecule has 0 atom stereocenters. The molecule has 3 rings (SSSR count). The summed E-state index contributed by atoms with van der Waals surface area (Å²) in [5, 5.41) is 0.792. The summed E-state index contributed by atoms with van der Waals surface area (Å²) in [6, 6.07) is 12.2. The minimum Gasteiger partial charge on any atom is -0.368 e. The van der Waals surface area contributed by atoms with Crippen molar-refractivity contribution in [1.29, 1.82) is 0 Å². The first-order valence-electron chi connectivity index (χ1n) is 7.02. The van der Waals surface area contributed by atoms with E-state index >= 15 is 0 Å². The monoisotopic (exact) mass is 365 g/mol. The van der Waals surface area contributed by atoms with Crippen molar-refractivity contribution in [3.63, 3.8) is 0 Å². The molecule has 0 saturated carbocycles. The quantitative estimate of drug-likeness (QED) is 0.796. The molecule has 0 N–H and O–H groups in total. The fourth-order valence-corrected chi connectivity index (χ4v) is 2.98. The van der Waals surface area contributed by atoms with Crippen molar-refractivity contribution in [2.45, 2.75) is 6.92 Å².